The summed E-state index contributed by atoms with van der Waals surface area (Å²) in [5.41, 5.74) is 0.362. The van der Waals surface area contributed by atoms with Crippen LogP contribution in [0.5, 0.6) is 0 Å². The van der Waals surface area contributed by atoms with Gasteiger partial charge < -0.3 is 10.6 Å². The fourth-order valence-corrected chi connectivity index (χ4v) is 3.11. The molecule has 2 aliphatic rings. The van der Waals surface area contributed by atoms with Crippen molar-refractivity contribution in [2.75, 3.05) is 19.6 Å². The highest BCUT2D eigenvalue weighted by Crippen LogP contribution is 2.35. The molecule has 1 aliphatic carbocycles. The quantitative estimate of drug-likeness (QED) is 0.790. The summed E-state index contributed by atoms with van der Waals surface area (Å²) in [7, 11) is 0. The van der Waals surface area contributed by atoms with Crippen LogP contribution in [-0.4, -0.2) is 25.5 Å². The molecule has 98 valence electrons. The molecule has 3 nitrogen and oxygen atoms in total. The lowest BCUT2D eigenvalue weighted by Gasteiger charge is -2.34. The van der Waals surface area contributed by atoms with Crippen molar-refractivity contribution in [1.29, 1.82) is 0 Å². The van der Waals surface area contributed by atoms with E-state index in [1.807, 2.05) is 0 Å². The first kappa shape index (κ1) is 12.9. The molecule has 1 heterocycles. The molecule has 0 aromatic carbocycles. The third-order valence-corrected chi connectivity index (χ3v) is 4.46. The van der Waals surface area contributed by atoms with Gasteiger partial charge in [0, 0.05) is 12.5 Å². The molecule has 0 aromatic rings. The van der Waals surface area contributed by atoms with Crippen LogP contribution in [0, 0.1) is 11.3 Å². The van der Waals surface area contributed by atoms with Gasteiger partial charge in [0.05, 0.1) is 0 Å². The summed E-state index contributed by atoms with van der Waals surface area (Å²) in [4.78, 5) is 12.0. The van der Waals surface area contributed by atoms with Crippen LogP contribution < -0.4 is 10.6 Å². The Kier molecular flexibility index (Phi) is 4.43. The number of carbonyl (C=O) groups is 1. The number of hydrogen-bond acceptors (Lipinski definition) is 2. The molecule has 2 rings (SSSR count). The van der Waals surface area contributed by atoms with Gasteiger partial charge in [-0.1, -0.05) is 26.2 Å². The van der Waals surface area contributed by atoms with E-state index >= 15 is 0 Å². The minimum atomic E-state index is 0.253. The third-order valence-electron chi connectivity index (χ3n) is 4.46. The Bertz CT molecular complexity index is 253. The number of rotatable bonds is 3. The van der Waals surface area contributed by atoms with E-state index in [2.05, 4.69) is 17.6 Å². The smallest absolute Gasteiger partial charge is 0.223 e. The van der Waals surface area contributed by atoms with E-state index in [0.717, 1.165) is 32.5 Å². The van der Waals surface area contributed by atoms with Gasteiger partial charge in [-0.3, -0.25) is 4.79 Å². The van der Waals surface area contributed by atoms with E-state index in [0.29, 0.717) is 11.3 Å². The zero-order valence-corrected chi connectivity index (χ0v) is 11.1. The Morgan fingerprint density at radius 2 is 1.88 bits per heavy atom. The summed E-state index contributed by atoms with van der Waals surface area (Å²) in [6.07, 6.45) is 8.60. The summed E-state index contributed by atoms with van der Waals surface area (Å²) < 4.78 is 0. The van der Waals surface area contributed by atoms with Crippen molar-refractivity contribution in [3.05, 3.63) is 0 Å². The van der Waals surface area contributed by atoms with Crippen LogP contribution in [0.25, 0.3) is 0 Å². The second-order valence-corrected chi connectivity index (χ2v) is 6.11. The molecule has 1 aliphatic heterocycles. The van der Waals surface area contributed by atoms with Crippen LogP contribution in [0.2, 0.25) is 0 Å². The fourth-order valence-electron chi connectivity index (χ4n) is 3.11. The summed E-state index contributed by atoms with van der Waals surface area (Å²) in [5.74, 6) is 0.543. The lowest BCUT2D eigenvalue weighted by atomic mass is 9.75. The molecule has 0 aromatic heterocycles. The van der Waals surface area contributed by atoms with Crippen LogP contribution in [0.4, 0.5) is 0 Å². The molecule has 2 fully saturated rings. The van der Waals surface area contributed by atoms with Gasteiger partial charge in [0.25, 0.3) is 0 Å². The minimum Gasteiger partial charge on any atom is -0.355 e. The highest BCUT2D eigenvalue weighted by atomic mass is 16.1. The highest BCUT2D eigenvalue weighted by molar-refractivity contribution is 5.78. The summed E-state index contributed by atoms with van der Waals surface area (Å²) in [6, 6.07) is 0. The van der Waals surface area contributed by atoms with Gasteiger partial charge in [-0.15, -0.1) is 0 Å². The number of nitrogens with one attached hydrogen (secondary N) is 2. The average molecular weight is 238 g/mol. The molecule has 0 atom stereocenters. The van der Waals surface area contributed by atoms with Crippen LogP contribution >= 0.6 is 0 Å². The van der Waals surface area contributed by atoms with E-state index in [1.54, 1.807) is 0 Å². The van der Waals surface area contributed by atoms with Gasteiger partial charge >= 0.3 is 0 Å². The molecule has 17 heavy (non-hydrogen) atoms. The first-order chi connectivity index (χ1) is 8.20. The Morgan fingerprint density at radius 3 is 2.53 bits per heavy atom. The molecular formula is C14H26N2O. The maximum Gasteiger partial charge on any atom is 0.223 e. The summed E-state index contributed by atoms with van der Waals surface area (Å²) in [6.45, 7) is 5.20. The third kappa shape index (κ3) is 3.70. The monoisotopic (exact) mass is 238 g/mol. The van der Waals surface area contributed by atoms with Crippen molar-refractivity contribution < 1.29 is 4.79 Å². The minimum absolute atomic E-state index is 0.253. The Labute approximate surface area is 105 Å². The molecule has 0 bridgehead atoms. The van der Waals surface area contributed by atoms with E-state index in [1.165, 1.54) is 32.1 Å². The SMILES string of the molecule is CC1(CNC(=O)C2CCNCC2)CCCCC1. The fraction of sp³-hybridized carbons (Fsp3) is 0.929. The van der Waals surface area contributed by atoms with E-state index < -0.39 is 0 Å². The number of amides is 1. The second kappa shape index (κ2) is 5.85. The van der Waals surface area contributed by atoms with Gasteiger partial charge in [0.2, 0.25) is 5.91 Å². The van der Waals surface area contributed by atoms with Gasteiger partial charge in [-0.05, 0) is 44.2 Å². The van der Waals surface area contributed by atoms with Gasteiger partial charge in [-0.25, -0.2) is 0 Å². The molecule has 1 saturated carbocycles. The van der Waals surface area contributed by atoms with E-state index in [9.17, 15) is 4.79 Å². The highest BCUT2D eigenvalue weighted by Gasteiger charge is 2.28. The summed E-state index contributed by atoms with van der Waals surface area (Å²) >= 11 is 0. The van der Waals surface area contributed by atoms with E-state index in [4.69, 9.17) is 0 Å². The summed E-state index contributed by atoms with van der Waals surface area (Å²) in [5, 5.41) is 6.50. The van der Waals surface area contributed by atoms with E-state index in [-0.39, 0.29) is 5.92 Å². The normalized spacial score (nSPS) is 25.5. The lowest BCUT2D eigenvalue weighted by Crippen LogP contribution is -2.42. The van der Waals surface area contributed by atoms with Crippen molar-refractivity contribution in [3.8, 4) is 0 Å². The van der Waals surface area contributed by atoms with Crippen LogP contribution in [0.3, 0.4) is 0 Å². The lowest BCUT2D eigenvalue weighted by molar-refractivity contribution is -0.126. The molecule has 0 spiro atoms. The second-order valence-electron chi connectivity index (χ2n) is 6.11. The van der Waals surface area contributed by atoms with Gasteiger partial charge in [0.15, 0.2) is 0 Å². The number of carbonyl (C=O) groups excluding carboxylic acids is 1. The molecule has 1 amide bonds. The molecular weight excluding hydrogens is 212 g/mol. The zero-order chi connectivity index (χ0) is 12.1. The Hall–Kier alpha value is -0.570. The van der Waals surface area contributed by atoms with Crippen molar-refractivity contribution >= 4 is 5.91 Å². The molecule has 1 saturated heterocycles. The van der Waals surface area contributed by atoms with Gasteiger partial charge in [-0.2, -0.15) is 0 Å². The van der Waals surface area contributed by atoms with Crippen molar-refractivity contribution in [2.24, 2.45) is 11.3 Å². The first-order valence-electron chi connectivity index (χ1n) is 7.18. The van der Waals surface area contributed by atoms with Crippen molar-refractivity contribution in [3.63, 3.8) is 0 Å². The maximum absolute atomic E-state index is 12.0. The molecule has 3 heteroatoms. The molecule has 0 unspecified atom stereocenters. The topological polar surface area (TPSA) is 41.1 Å². The van der Waals surface area contributed by atoms with Crippen molar-refractivity contribution in [1.82, 2.24) is 10.6 Å². The molecule has 2 N–H and O–H groups in total. The van der Waals surface area contributed by atoms with Crippen LogP contribution in [0.1, 0.15) is 51.9 Å². The zero-order valence-electron chi connectivity index (χ0n) is 11.1. The number of piperidine rings is 1. The average Bonchev–Trinajstić information content (AvgIpc) is 2.38. The predicted molar refractivity (Wildman–Crippen MR) is 69.8 cm³/mol. The molecule has 0 radical (unpaired) electrons. The predicted octanol–water partition coefficient (Wildman–Crippen LogP) is 2.07. The standard InChI is InChI=1S/C14H26N2O/c1-14(7-3-2-4-8-14)11-16-13(17)12-5-9-15-10-6-12/h12,15H,2-11H2,1H3,(H,16,17). The van der Waals surface area contributed by atoms with Crippen molar-refractivity contribution in [2.45, 2.75) is 51.9 Å². The van der Waals surface area contributed by atoms with Crippen LogP contribution in [0.15, 0.2) is 0 Å². The Balaban J connectivity index is 1.74. The first-order valence-corrected chi connectivity index (χ1v) is 7.18. The van der Waals surface area contributed by atoms with Gasteiger partial charge in [0.1, 0.15) is 0 Å². The number of hydrogen-bond donors (Lipinski definition) is 2. The van der Waals surface area contributed by atoms with Crippen LogP contribution in [-0.2, 0) is 4.79 Å². The largest absolute Gasteiger partial charge is 0.355 e. The Morgan fingerprint density at radius 1 is 1.24 bits per heavy atom. The maximum atomic E-state index is 12.0.